The van der Waals surface area contributed by atoms with E-state index in [-0.39, 0.29) is 29.6 Å². The van der Waals surface area contributed by atoms with Gasteiger partial charge in [0.15, 0.2) is 5.60 Å². The third kappa shape index (κ3) is 6.60. The third-order valence-electron chi connectivity index (χ3n) is 7.15. The number of hydrogen-bond acceptors (Lipinski definition) is 6. The van der Waals surface area contributed by atoms with Crippen LogP contribution in [0.3, 0.4) is 0 Å². The molecule has 2 aliphatic rings. The molecule has 1 aliphatic carbocycles. The molecule has 0 bridgehead atoms. The first-order chi connectivity index (χ1) is 18.4. The van der Waals surface area contributed by atoms with Gasteiger partial charge in [0.05, 0.1) is 10.9 Å². The van der Waals surface area contributed by atoms with Gasteiger partial charge >= 0.3 is 6.18 Å². The van der Waals surface area contributed by atoms with Gasteiger partial charge in [-0.25, -0.2) is 8.42 Å². The van der Waals surface area contributed by atoms with Crippen molar-refractivity contribution in [2.75, 3.05) is 37.6 Å². The first kappa shape index (κ1) is 29.4. The minimum Gasteiger partial charge on any atom is -0.376 e. The monoisotopic (exact) mass is 579 g/mol. The lowest BCUT2D eigenvalue weighted by atomic mass is 9.95. The van der Waals surface area contributed by atoms with Crippen LogP contribution >= 0.6 is 12.2 Å². The largest absolute Gasteiger partial charge is 0.421 e. The summed E-state index contributed by atoms with van der Waals surface area (Å²) in [6.07, 6.45) is 1.43. The molecule has 11 heteroatoms. The number of alkyl halides is 3. The number of aliphatic hydroxyl groups is 1. The Morgan fingerprint density at radius 1 is 1.08 bits per heavy atom. The molecular formula is C28H32F3N3O3S2. The summed E-state index contributed by atoms with van der Waals surface area (Å²) < 4.78 is 68.3. The van der Waals surface area contributed by atoms with Crippen LogP contribution in [0.4, 0.5) is 18.9 Å². The number of benzene rings is 2. The summed E-state index contributed by atoms with van der Waals surface area (Å²) in [4.78, 5) is 2.52. The van der Waals surface area contributed by atoms with Gasteiger partial charge in [0.1, 0.15) is 0 Å². The highest BCUT2D eigenvalue weighted by molar-refractivity contribution is 7.96. The molecular weight excluding hydrogens is 547 g/mol. The first-order valence-electron chi connectivity index (χ1n) is 12.7. The third-order valence-corrected chi connectivity index (χ3v) is 9.62. The highest BCUT2D eigenvalue weighted by atomic mass is 32.2. The van der Waals surface area contributed by atoms with Gasteiger partial charge in [-0.15, -0.1) is 0 Å². The molecule has 2 atom stereocenters. The Labute approximate surface area is 232 Å². The number of sulfonamides is 1. The molecule has 2 aromatic rings. The average molecular weight is 580 g/mol. The van der Waals surface area contributed by atoms with Crippen molar-refractivity contribution in [3.63, 3.8) is 0 Å². The molecule has 0 saturated carbocycles. The zero-order valence-electron chi connectivity index (χ0n) is 21.6. The molecule has 0 spiro atoms. The molecule has 2 aromatic carbocycles. The minimum atomic E-state index is -4.82. The van der Waals surface area contributed by atoms with Gasteiger partial charge in [0.2, 0.25) is 10.0 Å². The van der Waals surface area contributed by atoms with Crippen LogP contribution in [0.1, 0.15) is 24.5 Å². The van der Waals surface area contributed by atoms with E-state index < -0.39 is 21.8 Å². The Morgan fingerprint density at radius 3 is 2.41 bits per heavy atom. The predicted molar refractivity (Wildman–Crippen MR) is 151 cm³/mol. The van der Waals surface area contributed by atoms with Crippen LogP contribution in [0.5, 0.6) is 0 Å². The number of nitrogens with one attached hydrogen (secondary N) is 1. The highest BCUT2D eigenvalue weighted by Gasteiger charge is 2.51. The summed E-state index contributed by atoms with van der Waals surface area (Å²) in [5.74, 6) is 0. The van der Waals surface area contributed by atoms with Gasteiger partial charge < -0.3 is 15.3 Å². The topological polar surface area (TPSA) is 72.9 Å². The Morgan fingerprint density at radius 2 is 1.77 bits per heavy atom. The van der Waals surface area contributed by atoms with Crippen molar-refractivity contribution in [2.45, 2.75) is 37.6 Å². The van der Waals surface area contributed by atoms with Crippen molar-refractivity contribution in [1.82, 2.24) is 9.62 Å². The van der Waals surface area contributed by atoms with Crippen LogP contribution in [-0.4, -0.2) is 67.6 Å². The predicted octanol–water partition coefficient (Wildman–Crippen LogP) is 4.32. The van der Waals surface area contributed by atoms with E-state index in [1.807, 2.05) is 41.3 Å². The average Bonchev–Trinajstić information content (AvgIpc) is 2.91. The number of halogens is 3. The number of piperazine rings is 1. The summed E-state index contributed by atoms with van der Waals surface area (Å²) in [6.45, 7) is 2.60. The summed E-state index contributed by atoms with van der Waals surface area (Å²) in [5.41, 5.74) is -1.41. The van der Waals surface area contributed by atoms with Crippen LogP contribution in [-0.2, 0) is 22.0 Å². The second-order valence-electron chi connectivity index (χ2n) is 9.85. The molecule has 1 fully saturated rings. The van der Waals surface area contributed by atoms with Gasteiger partial charge in [-0.2, -0.15) is 17.5 Å². The molecule has 1 unspecified atom stereocenters. The standard InChI is InChI=1S/C28H32F3N3O3S2/c1-27(35,28(29,30)31)22-11-13-23(14-12-22)34-18-17-33(39(36,37)26-10-6-5-9-25(26)38)20-24(34)19-32-16-15-21-7-3-2-4-8-21/h2-8,10-14,24,32,35H,9,15-20H2,1H3/t24-,27?/m0/s1. The van der Waals surface area contributed by atoms with Crippen molar-refractivity contribution in [1.29, 1.82) is 0 Å². The number of nitrogens with zero attached hydrogens (tertiary/aromatic N) is 2. The van der Waals surface area contributed by atoms with E-state index in [0.717, 1.165) is 13.3 Å². The number of hydrogen-bond donors (Lipinski definition) is 2. The van der Waals surface area contributed by atoms with Crippen LogP contribution in [0.2, 0.25) is 0 Å². The number of rotatable bonds is 9. The van der Waals surface area contributed by atoms with E-state index >= 15 is 0 Å². The fourth-order valence-corrected chi connectivity index (χ4v) is 6.81. The lowest BCUT2D eigenvalue weighted by Gasteiger charge is -2.42. The van der Waals surface area contributed by atoms with E-state index in [2.05, 4.69) is 5.32 Å². The van der Waals surface area contributed by atoms with Crippen LogP contribution in [0.25, 0.3) is 0 Å². The van der Waals surface area contributed by atoms with Crippen molar-refractivity contribution in [2.24, 2.45) is 0 Å². The maximum atomic E-state index is 13.5. The van der Waals surface area contributed by atoms with Gasteiger partial charge in [-0.1, -0.05) is 66.8 Å². The van der Waals surface area contributed by atoms with Crippen molar-refractivity contribution >= 4 is 32.8 Å². The van der Waals surface area contributed by atoms with Gasteiger partial charge in [0.25, 0.3) is 0 Å². The molecule has 4 rings (SSSR count). The van der Waals surface area contributed by atoms with Gasteiger partial charge in [-0.05, 0) is 49.2 Å². The minimum absolute atomic E-state index is 0.142. The van der Waals surface area contributed by atoms with E-state index in [1.165, 1.54) is 28.1 Å². The summed E-state index contributed by atoms with van der Waals surface area (Å²) in [6, 6.07) is 15.3. The molecule has 0 radical (unpaired) electrons. The maximum Gasteiger partial charge on any atom is 0.421 e. The Balaban J connectivity index is 1.53. The number of anilines is 1. The summed E-state index contributed by atoms with van der Waals surface area (Å²) in [5, 5.41) is 13.5. The van der Waals surface area contributed by atoms with Gasteiger partial charge in [0, 0.05) is 43.2 Å². The quantitative estimate of drug-likeness (QED) is 0.341. The smallest absolute Gasteiger partial charge is 0.376 e. The molecule has 210 valence electrons. The van der Waals surface area contributed by atoms with Crippen molar-refractivity contribution in [3.05, 3.63) is 88.9 Å². The molecule has 39 heavy (non-hydrogen) atoms. The second-order valence-corrected chi connectivity index (χ2v) is 12.3. The SMILES string of the molecule is CC(O)(c1ccc(N2CCN(S(=O)(=O)C3=CC=CCC3=S)C[C@@H]2CNCCc2ccccc2)cc1)C(F)(F)F. The van der Waals surface area contributed by atoms with E-state index in [1.54, 1.807) is 18.2 Å². The molecule has 0 aromatic heterocycles. The van der Waals surface area contributed by atoms with Crippen LogP contribution in [0.15, 0.2) is 77.7 Å². The fraction of sp³-hybridized carbons (Fsp3) is 0.393. The second kappa shape index (κ2) is 11.9. The fourth-order valence-electron chi connectivity index (χ4n) is 4.74. The highest BCUT2D eigenvalue weighted by Crippen LogP contribution is 2.39. The summed E-state index contributed by atoms with van der Waals surface area (Å²) in [7, 11) is -3.80. The molecule has 6 nitrogen and oxygen atoms in total. The van der Waals surface area contributed by atoms with Crippen molar-refractivity contribution < 1.29 is 26.7 Å². The number of allylic oxidation sites excluding steroid dienone is 4. The van der Waals surface area contributed by atoms with Crippen molar-refractivity contribution in [3.8, 4) is 0 Å². The lowest BCUT2D eigenvalue weighted by Crippen LogP contribution is -2.58. The molecule has 2 N–H and O–H groups in total. The Bertz CT molecular complexity index is 1330. The molecule has 1 aliphatic heterocycles. The zero-order valence-corrected chi connectivity index (χ0v) is 23.2. The van der Waals surface area contributed by atoms with E-state index in [9.17, 15) is 26.7 Å². The first-order valence-corrected chi connectivity index (χ1v) is 14.6. The lowest BCUT2D eigenvalue weighted by molar-refractivity contribution is -0.258. The molecule has 1 heterocycles. The normalized spacial score (nSPS) is 20.5. The number of thiocarbonyl (C=S) groups is 1. The van der Waals surface area contributed by atoms with E-state index in [4.69, 9.17) is 12.2 Å². The van der Waals surface area contributed by atoms with Crippen LogP contribution in [0, 0.1) is 0 Å². The van der Waals surface area contributed by atoms with Gasteiger partial charge in [-0.3, -0.25) is 0 Å². The molecule has 0 amide bonds. The zero-order chi connectivity index (χ0) is 28.3. The van der Waals surface area contributed by atoms with Crippen LogP contribution < -0.4 is 10.2 Å². The summed E-state index contributed by atoms with van der Waals surface area (Å²) >= 11 is 5.33. The maximum absolute atomic E-state index is 13.5. The Hall–Kier alpha value is -2.57. The van der Waals surface area contributed by atoms with E-state index in [0.29, 0.717) is 36.6 Å². The molecule has 1 saturated heterocycles. The Kier molecular flexibility index (Phi) is 8.97.